The van der Waals surface area contributed by atoms with Crippen LogP contribution < -0.4 is 10.3 Å². The van der Waals surface area contributed by atoms with Gasteiger partial charge in [-0.25, -0.2) is 9.18 Å². The lowest BCUT2D eigenvalue weighted by Crippen LogP contribution is -2.29. The second kappa shape index (κ2) is 5.16. The molecule has 3 rings (SSSR count). The summed E-state index contributed by atoms with van der Waals surface area (Å²) < 4.78 is 13.9. The van der Waals surface area contributed by atoms with Crippen molar-refractivity contribution in [2.45, 2.75) is 0 Å². The van der Waals surface area contributed by atoms with Crippen LogP contribution in [0.2, 0.25) is 0 Å². The third kappa shape index (κ3) is 2.51. The molecule has 104 valence electrons. The van der Waals surface area contributed by atoms with Crippen molar-refractivity contribution in [1.29, 1.82) is 0 Å². The lowest BCUT2D eigenvalue weighted by Gasteiger charge is -2.00. The van der Waals surface area contributed by atoms with E-state index in [1.807, 2.05) is 0 Å². The van der Waals surface area contributed by atoms with Crippen LogP contribution >= 0.6 is 0 Å². The summed E-state index contributed by atoms with van der Waals surface area (Å²) in [6, 6.07) is 13.1. The zero-order chi connectivity index (χ0) is 14.8. The van der Waals surface area contributed by atoms with Gasteiger partial charge >= 0.3 is 12.1 Å². The molecule has 0 radical (unpaired) electrons. The van der Waals surface area contributed by atoms with Gasteiger partial charge in [0, 0.05) is 5.56 Å². The van der Waals surface area contributed by atoms with Gasteiger partial charge in [0.25, 0.3) is 0 Å². The molecule has 4 amide bonds. The summed E-state index contributed by atoms with van der Waals surface area (Å²) in [4.78, 5) is 25.2. The lowest BCUT2D eigenvalue weighted by molar-refractivity contribution is -0.458. The van der Waals surface area contributed by atoms with Crippen molar-refractivity contribution in [2.24, 2.45) is 0 Å². The van der Waals surface area contributed by atoms with Gasteiger partial charge < -0.3 is 0 Å². The molecule has 0 aromatic heterocycles. The molecule has 1 N–H and O–H groups in total. The number of nitrogens with one attached hydrogen (secondary N) is 1. The molecular formula is C15H11FN3O2+. The maximum atomic E-state index is 12.8. The number of hydrogen-bond donors (Lipinski definition) is 1. The monoisotopic (exact) mass is 284 g/mol. The summed E-state index contributed by atoms with van der Waals surface area (Å²) in [5.74, 6) is -0.366. The molecule has 21 heavy (non-hydrogen) atoms. The van der Waals surface area contributed by atoms with Crippen molar-refractivity contribution in [3.63, 3.8) is 0 Å². The number of hydrogen-bond acceptors (Lipinski definition) is 2. The fraction of sp³-hybridized carbons (Fsp3) is 0. The number of rotatable bonds is 2. The first-order valence-corrected chi connectivity index (χ1v) is 6.24. The Kier molecular flexibility index (Phi) is 3.19. The van der Waals surface area contributed by atoms with E-state index in [1.54, 1.807) is 30.3 Å². The number of carbonyl (C=O) groups is 2. The molecule has 2 aromatic carbocycles. The molecule has 0 bridgehead atoms. The van der Waals surface area contributed by atoms with Crippen LogP contribution in [0, 0.1) is 5.82 Å². The first-order valence-electron chi connectivity index (χ1n) is 6.24. The summed E-state index contributed by atoms with van der Waals surface area (Å²) in [6.45, 7) is 0. The van der Waals surface area contributed by atoms with Gasteiger partial charge in [0.05, 0.1) is 0 Å². The second-order valence-electron chi connectivity index (χ2n) is 4.42. The van der Waals surface area contributed by atoms with Gasteiger partial charge in [-0.1, -0.05) is 22.9 Å². The van der Waals surface area contributed by atoms with Gasteiger partial charge in [-0.15, -0.1) is 10.3 Å². The van der Waals surface area contributed by atoms with Crippen LogP contribution in [0.4, 0.5) is 19.7 Å². The summed E-state index contributed by atoms with van der Waals surface area (Å²) >= 11 is 0. The highest BCUT2D eigenvalue weighted by molar-refractivity contribution is 6.14. The van der Waals surface area contributed by atoms with Crippen LogP contribution in [0.3, 0.4) is 0 Å². The summed E-state index contributed by atoms with van der Waals surface area (Å²) in [5, 5.41) is 0. The zero-order valence-electron chi connectivity index (χ0n) is 10.9. The standard InChI is InChI=1S/C15H10FN3O2/c16-12-8-6-11(7-9-12)10-18-15(21)19(14(20)17-18)13-4-2-1-3-5-13/h1-10H/p+1/b18-10-. The van der Waals surface area contributed by atoms with Gasteiger partial charge in [0.2, 0.25) is 0 Å². The number of amides is 4. The van der Waals surface area contributed by atoms with Crippen LogP contribution in [0.15, 0.2) is 54.6 Å². The zero-order valence-corrected chi connectivity index (χ0v) is 10.9. The summed E-state index contributed by atoms with van der Waals surface area (Å²) in [6.07, 6.45) is 1.43. The maximum Gasteiger partial charge on any atom is 0.531 e. The van der Waals surface area contributed by atoms with E-state index in [2.05, 4.69) is 5.43 Å². The van der Waals surface area contributed by atoms with Crippen LogP contribution in [-0.2, 0) is 0 Å². The van der Waals surface area contributed by atoms with Crippen molar-refractivity contribution in [2.75, 3.05) is 4.90 Å². The average Bonchev–Trinajstić information content (AvgIpc) is 2.77. The normalized spacial score (nSPS) is 16.4. The Balaban J connectivity index is 1.92. The molecule has 1 aliphatic heterocycles. The number of halogens is 1. The highest BCUT2D eigenvalue weighted by Crippen LogP contribution is 2.17. The Labute approximate surface area is 119 Å². The molecule has 0 spiro atoms. The number of hydrazine groups is 1. The second-order valence-corrected chi connectivity index (χ2v) is 4.42. The lowest BCUT2D eigenvalue weighted by atomic mass is 10.2. The number of hydrazone groups is 1. The topological polar surface area (TPSA) is 52.4 Å². The van der Waals surface area contributed by atoms with E-state index in [4.69, 9.17) is 0 Å². The highest BCUT2D eigenvalue weighted by Gasteiger charge is 2.44. The van der Waals surface area contributed by atoms with Gasteiger partial charge in [-0.05, 0) is 36.4 Å². The smallest absolute Gasteiger partial charge is 0.216 e. The molecule has 1 fully saturated rings. The summed E-state index contributed by atoms with van der Waals surface area (Å²) in [7, 11) is 0. The maximum absolute atomic E-state index is 12.8. The predicted molar refractivity (Wildman–Crippen MR) is 74.7 cm³/mol. The van der Waals surface area contributed by atoms with Gasteiger partial charge in [0.1, 0.15) is 17.7 Å². The van der Waals surface area contributed by atoms with E-state index in [-0.39, 0.29) is 5.82 Å². The van der Waals surface area contributed by atoms with E-state index in [0.29, 0.717) is 11.3 Å². The Hall–Kier alpha value is -3.02. The van der Waals surface area contributed by atoms with Crippen molar-refractivity contribution in [3.05, 3.63) is 66.0 Å². The molecule has 5 nitrogen and oxygen atoms in total. The van der Waals surface area contributed by atoms with Crippen molar-refractivity contribution < 1.29 is 18.7 Å². The Morgan fingerprint density at radius 3 is 2.33 bits per heavy atom. The summed E-state index contributed by atoms with van der Waals surface area (Å²) in [5.41, 5.74) is 3.52. The first-order chi connectivity index (χ1) is 10.1. The van der Waals surface area contributed by atoms with E-state index >= 15 is 0 Å². The van der Waals surface area contributed by atoms with Crippen LogP contribution in [-0.4, -0.2) is 23.0 Å². The minimum absolute atomic E-state index is 0.366. The van der Waals surface area contributed by atoms with Crippen LogP contribution in [0.25, 0.3) is 0 Å². The molecule has 1 heterocycles. The minimum Gasteiger partial charge on any atom is -0.216 e. The molecule has 0 atom stereocenters. The van der Waals surface area contributed by atoms with Crippen LogP contribution in [0.5, 0.6) is 0 Å². The SMILES string of the molecule is O=C1N/[N+](=C\c2ccc(F)cc2)C(=O)N1c1ccccc1. The number of urea groups is 2. The molecule has 1 aliphatic rings. The molecule has 2 aromatic rings. The van der Waals surface area contributed by atoms with Crippen molar-refractivity contribution >= 4 is 24.0 Å². The Morgan fingerprint density at radius 2 is 1.67 bits per heavy atom. The molecular weight excluding hydrogens is 273 g/mol. The Bertz CT molecular complexity index is 726. The quantitative estimate of drug-likeness (QED) is 0.861. The molecule has 0 aliphatic carbocycles. The number of para-hydroxylation sites is 1. The van der Waals surface area contributed by atoms with Crippen molar-refractivity contribution in [3.8, 4) is 0 Å². The third-order valence-electron chi connectivity index (χ3n) is 2.98. The predicted octanol–water partition coefficient (Wildman–Crippen LogP) is 2.52. The minimum atomic E-state index is -0.537. The average molecular weight is 284 g/mol. The fourth-order valence-corrected chi connectivity index (χ4v) is 1.99. The molecule has 1 saturated heterocycles. The number of benzene rings is 2. The number of anilines is 1. The van der Waals surface area contributed by atoms with Crippen molar-refractivity contribution in [1.82, 2.24) is 5.43 Å². The third-order valence-corrected chi connectivity index (χ3v) is 2.98. The Morgan fingerprint density at radius 1 is 1.00 bits per heavy atom. The van der Waals surface area contributed by atoms with E-state index < -0.39 is 12.1 Å². The fourth-order valence-electron chi connectivity index (χ4n) is 1.99. The number of nitrogens with zero attached hydrogens (tertiary/aromatic N) is 2. The molecule has 0 saturated carbocycles. The molecule has 6 heteroatoms. The van der Waals surface area contributed by atoms with E-state index in [9.17, 15) is 14.0 Å². The number of carbonyl (C=O) groups excluding carboxylic acids is 2. The van der Waals surface area contributed by atoms with Gasteiger partial charge in [-0.3, -0.25) is 0 Å². The first kappa shape index (κ1) is 13.0. The van der Waals surface area contributed by atoms with E-state index in [1.165, 1.54) is 30.5 Å². The number of imide groups is 1. The van der Waals surface area contributed by atoms with Crippen LogP contribution in [0.1, 0.15) is 5.56 Å². The molecule has 0 unspecified atom stereocenters. The van der Waals surface area contributed by atoms with Gasteiger partial charge in [-0.2, -0.15) is 4.79 Å². The van der Waals surface area contributed by atoms with Gasteiger partial charge in [0.15, 0.2) is 0 Å². The largest absolute Gasteiger partial charge is 0.531 e. The van der Waals surface area contributed by atoms with E-state index in [0.717, 1.165) is 9.58 Å². The highest BCUT2D eigenvalue weighted by atomic mass is 19.1.